The molecule has 0 saturated carbocycles. The summed E-state index contributed by atoms with van der Waals surface area (Å²) in [5, 5.41) is 0. The fraction of sp³-hybridized carbons (Fsp3) is 0.600. The zero-order chi connectivity index (χ0) is 9.52. The Bertz CT molecular complexity index is 209. The second-order valence-electron chi connectivity index (χ2n) is 2.94. The summed E-state index contributed by atoms with van der Waals surface area (Å²) in [5.41, 5.74) is 0. The molecule has 0 aliphatic heterocycles. The zero-order valence-corrected chi connectivity index (χ0v) is 7.88. The molecule has 74 valence electrons. The van der Waals surface area contributed by atoms with Crippen LogP contribution < -0.4 is 0 Å². The van der Waals surface area contributed by atoms with Gasteiger partial charge in [0.2, 0.25) is 0 Å². The first-order chi connectivity index (χ1) is 6.33. The van der Waals surface area contributed by atoms with Crippen LogP contribution in [0.3, 0.4) is 0 Å². The highest BCUT2D eigenvalue weighted by atomic mass is 19.1. The van der Waals surface area contributed by atoms with Crippen molar-refractivity contribution in [3.05, 3.63) is 23.7 Å². The molecule has 0 radical (unpaired) electrons. The van der Waals surface area contributed by atoms with Crippen LogP contribution in [0.2, 0.25) is 0 Å². The molecule has 13 heavy (non-hydrogen) atoms. The van der Waals surface area contributed by atoms with Gasteiger partial charge in [-0.25, -0.2) is 4.39 Å². The molecule has 3 heteroatoms. The van der Waals surface area contributed by atoms with Crippen molar-refractivity contribution >= 4 is 0 Å². The van der Waals surface area contributed by atoms with Crippen molar-refractivity contribution < 1.29 is 13.9 Å². The van der Waals surface area contributed by atoms with Crippen molar-refractivity contribution in [1.29, 1.82) is 0 Å². The lowest BCUT2D eigenvalue weighted by molar-refractivity contribution is 0.140. The quantitative estimate of drug-likeness (QED) is 0.614. The highest BCUT2D eigenvalue weighted by Gasteiger charge is 2.05. The van der Waals surface area contributed by atoms with E-state index in [2.05, 4.69) is 0 Å². The van der Waals surface area contributed by atoms with Gasteiger partial charge >= 0.3 is 0 Å². The van der Waals surface area contributed by atoms with Gasteiger partial charge in [-0.1, -0.05) is 0 Å². The minimum Gasteiger partial charge on any atom is -0.498 e. The third kappa shape index (κ3) is 4.08. The number of hydrogen-bond donors (Lipinski definition) is 0. The minimum atomic E-state index is -0.0655. The van der Waals surface area contributed by atoms with E-state index >= 15 is 0 Å². The van der Waals surface area contributed by atoms with Gasteiger partial charge in [-0.15, -0.1) is 0 Å². The molecule has 0 atom stereocenters. The van der Waals surface area contributed by atoms with Crippen molar-refractivity contribution in [3.63, 3.8) is 0 Å². The molecular weight excluding hydrogens is 171 g/mol. The topological polar surface area (TPSA) is 18.5 Å². The van der Waals surface area contributed by atoms with Crippen LogP contribution in [0.25, 0.3) is 0 Å². The fourth-order valence-electron chi connectivity index (χ4n) is 1.12. The number of rotatable bonds is 5. The van der Waals surface area contributed by atoms with Gasteiger partial charge in [-0.05, 0) is 12.2 Å². The molecule has 0 aromatic heterocycles. The van der Waals surface area contributed by atoms with E-state index in [4.69, 9.17) is 9.47 Å². The first-order valence-corrected chi connectivity index (χ1v) is 4.50. The molecule has 0 unspecified atom stereocenters. The van der Waals surface area contributed by atoms with Gasteiger partial charge in [0, 0.05) is 33.0 Å². The molecule has 1 rings (SSSR count). The monoisotopic (exact) mass is 186 g/mol. The van der Waals surface area contributed by atoms with Crippen LogP contribution in [0.4, 0.5) is 4.39 Å². The Morgan fingerprint density at radius 2 is 2.15 bits per heavy atom. The maximum absolute atomic E-state index is 12.5. The number of ether oxygens (including phenoxy) is 2. The Labute approximate surface area is 78.0 Å². The molecule has 0 bridgehead atoms. The summed E-state index contributed by atoms with van der Waals surface area (Å²) in [6.45, 7) is 1.35. The molecule has 1 aliphatic rings. The van der Waals surface area contributed by atoms with Crippen LogP contribution >= 0.6 is 0 Å². The highest BCUT2D eigenvalue weighted by Crippen LogP contribution is 2.19. The smallest absolute Gasteiger partial charge is 0.100 e. The molecule has 1 aliphatic carbocycles. The number of hydrogen-bond acceptors (Lipinski definition) is 2. The number of allylic oxidation sites excluding steroid dienone is 4. The van der Waals surface area contributed by atoms with E-state index in [1.165, 1.54) is 6.08 Å². The summed E-state index contributed by atoms with van der Waals surface area (Å²) in [4.78, 5) is 0. The fourth-order valence-corrected chi connectivity index (χ4v) is 1.12. The average molecular weight is 186 g/mol. The molecular formula is C10H15FO2. The van der Waals surface area contributed by atoms with E-state index in [1.807, 2.05) is 0 Å². The number of halogens is 1. The lowest BCUT2D eigenvalue weighted by Crippen LogP contribution is -2.01. The molecule has 0 fully saturated rings. The Morgan fingerprint density at radius 1 is 1.31 bits per heavy atom. The van der Waals surface area contributed by atoms with E-state index in [1.54, 1.807) is 13.2 Å². The molecule has 0 heterocycles. The van der Waals surface area contributed by atoms with Crippen molar-refractivity contribution in [3.8, 4) is 0 Å². The van der Waals surface area contributed by atoms with Crippen LogP contribution in [-0.2, 0) is 9.47 Å². The van der Waals surface area contributed by atoms with E-state index in [0.29, 0.717) is 26.1 Å². The van der Waals surface area contributed by atoms with Gasteiger partial charge in [-0.3, -0.25) is 0 Å². The normalized spacial score (nSPS) is 16.5. The Kier molecular flexibility index (Phi) is 4.54. The Hall–Kier alpha value is -0.830. The second kappa shape index (κ2) is 5.75. The lowest BCUT2D eigenvalue weighted by Gasteiger charge is -2.11. The van der Waals surface area contributed by atoms with Gasteiger partial charge in [-0.2, -0.15) is 0 Å². The molecule has 0 N–H and O–H groups in total. The third-order valence-electron chi connectivity index (χ3n) is 1.84. The largest absolute Gasteiger partial charge is 0.498 e. The summed E-state index contributed by atoms with van der Waals surface area (Å²) < 4.78 is 22.8. The molecule has 0 aromatic carbocycles. The van der Waals surface area contributed by atoms with Gasteiger partial charge in [0.05, 0.1) is 12.4 Å². The molecule has 0 aromatic rings. The summed E-state index contributed by atoms with van der Waals surface area (Å²) in [6, 6.07) is 0. The predicted octanol–water partition coefficient (Wildman–Crippen LogP) is 2.57. The number of methoxy groups -OCH3 is 1. The van der Waals surface area contributed by atoms with Crippen molar-refractivity contribution in [2.45, 2.75) is 19.3 Å². The van der Waals surface area contributed by atoms with E-state index in [9.17, 15) is 4.39 Å². The first kappa shape index (κ1) is 10.3. The second-order valence-corrected chi connectivity index (χ2v) is 2.94. The van der Waals surface area contributed by atoms with Gasteiger partial charge in [0.15, 0.2) is 0 Å². The molecule has 2 nitrogen and oxygen atoms in total. The molecule has 0 amide bonds. The third-order valence-corrected chi connectivity index (χ3v) is 1.84. The van der Waals surface area contributed by atoms with Crippen LogP contribution in [-0.4, -0.2) is 20.3 Å². The van der Waals surface area contributed by atoms with Crippen LogP contribution in [0.1, 0.15) is 19.3 Å². The van der Waals surface area contributed by atoms with Crippen LogP contribution in [0.5, 0.6) is 0 Å². The van der Waals surface area contributed by atoms with Gasteiger partial charge in [0.25, 0.3) is 0 Å². The van der Waals surface area contributed by atoms with Gasteiger partial charge in [0.1, 0.15) is 5.83 Å². The van der Waals surface area contributed by atoms with Crippen LogP contribution in [0, 0.1) is 0 Å². The van der Waals surface area contributed by atoms with Crippen LogP contribution in [0.15, 0.2) is 23.7 Å². The first-order valence-electron chi connectivity index (χ1n) is 4.50. The summed E-state index contributed by atoms with van der Waals surface area (Å²) >= 11 is 0. The van der Waals surface area contributed by atoms with Crippen molar-refractivity contribution in [2.75, 3.05) is 20.3 Å². The highest BCUT2D eigenvalue weighted by molar-refractivity contribution is 5.16. The maximum Gasteiger partial charge on any atom is 0.100 e. The van der Waals surface area contributed by atoms with Crippen molar-refractivity contribution in [1.82, 2.24) is 0 Å². The summed E-state index contributed by atoms with van der Waals surface area (Å²) in [5.74, 6) is 0.807. The molecule has 0 saturated heterocycles. The molecule has 0 spiro atoms. The predicted molar refractivity (Wildman–Crippen MR) is 49.0 cm³/mol. The van der Waals surface area contributed by atoms with E-state index in [-0.39, 0.29) is 5.83 Å². The summed E-state index contributed by atoms with van der Waals surface area (Å²) in [7, 11) is 1.66. The SMILES string of the molecule is COCCCOC1=CC=C(F)CC1. The maximum atomic E-state index is 12.5. The Morgan fingerprint density at radius 3 is 2.77 bits per heavy atom. The Balaban J connectivity index is 2.15. The van der Waals surface area contributed by atoms with E-state index in [0.717, 1.165) is 12.2 Å². The summed E-state index contributed by atoms with van der Waals surface area (Å²) in [6.07, 6.45) is 5.19. The minimum absolute atomic E-state index is 0.0655. The average Bonchev–Trinajstić information content (AvgIpc) is 2.15. The van der Waals surface area contributed by atoms with Crippen molar-refractivity contribution in [2.24, 2.45) is 0 Å². The standard InChI is InChI=1S/C10H15FO2/c1-12-7-2-8-13-10-5-3-9(11)4-6-10/h3,5H,2,4,6-8H2,1H3. The van der Waals surface area contributed by atoms with E-state index < -0.39 is 0 Å². The lowest BCUT2D eigenvalue weighted by atomic mass is 10.1. The van der Waals surface area contributed by atoms with Gasteiger partial charge < -0.3 is 9.47 Å². The zero-order valence-electron chi connectivity index (χ0n) is 7.88.